The van der Waals surface area contributed by atoms with E-state index in [-0.39, 0.29) is 34.5 Å². The van der Waals surface area contributed by atoms with E-state index in [0.29, 0.717) is 23.6 Å². The molecule has 4 N–H and O–H groups in total. The van der Waals surface area contributed by atoms with Crippen molar-refractivity contribution in [1.82, 2.24) is 20.3 Å². The Morgan fingerprint density at radius 3 is 2.43 bits per heavy atom. The number of urea groups is 1. The van der Waals surface area contributed by atoms with Gasteiger partial charge in [0, 0.05) is 18.7 Å². The number of nitrogens with one attached hydrogen (secondary N) is 3. The van der Waals surface area contributed by atoms with Gasteiger partial charge < -0.3 is 25.2 Å². The van der Waals surface area contributed by atoms with E-state index in [1.165, 1.54) is 32.5 Å². The molecule has 0 unspecified atom stereocenters. The molecule has 2 amide bonds. The fourth-order valence-electron chi connectivity index (χ4n) is 2.65. The first-order valence-corrected chi connectivity index (χ1v) is 8.90. The molecule has 30 heavy (non-hydrogen) atoms. The van der Waals surface area contributed by atoms with Gasteiger partial charge in [-0.1, -0.05) is 0 Å². The van der Waals surface area contributed by atoms with Gasteiger partial charge in [0.25, 0.3) is 0 Å². The van der Waals surface area contributed by atoms with Gasteiger partial charge in [-0.3, -0.25) is 5.32 Å². The summed E-state index contributed by atoms with van der Waals surface area (Å²) in [5, 5.41) is 17.7. The van der Waals surface area contributed by atoms with Crippen LogP contribution in [0.4, 0.5) is 22.1 Å². The van der Waals surface area contributed by atoms with Crippen LogP contribution >= 0.6 is 0 Å². The van der Waals surface area contributed by atoms with Crippen molar-refractivity contribution in [3.8, 4) is 11.5 Å². The Labute approximate surface area is 171 Å². The van der Waals surface area contributed by atoms with E-state index in [1.54, 1.807) is 19.1 Å². The first kappa shape index (κ1) is 20.6. The van der Waals surface area contributed by atoms with Crippen molar-refractivity contribution in [1.29, 1.82) is 0 Å². The summed E-state index contributed by atoms with van der Waals surface area (Å²) >= 11 is 0. The molecule has 156 valence electrons. The van der Waals surface area contributed by atoms with E-state index in [1.807, 2.05) is 0 Å². The van der Waals surface area contributed by atoms with Crippen LogP contribution in [0.3, 0.4) is 0 Å². The van der Waals surface area contributed by atoms with E-state index in [9.17, 15) is 14.7 Å². The number of carboxylic acid groups (broad SMARTS) is 1. The summed E-state index contributed by atoms with van der Waals surface area (Å²) in [5.74, 6) is 0.0500. The van der Waals surface area contributed by atoms with Crippen molar-refractivity contribution in [2.45, 2.75) is 6.92 Å². The predicted octanol–water partition coefficient (Wildman–Crippen LogP) is 2.63. The SMILES string of the molecule is CCNC(=O)Nc1ccc2ncc(Nc3cc(OC)c(OC)cc3C(=O)O)nc2n1. The number of carbonyl (C=O) groups excluding carboxylic acids is 1. The molecule has 0 aliphatic carbocycles. The number of pyridine rings is 1. The number of hydrogen-bond acceptors (Lipinski definition) is 8. The van der Waals surface area contributed by atoms with Crippen molar-refractivity contribution < 1.29 is 24.2 Å². The van der Waals surface area contributed by atoms with E-state index in [4.69, 9.17) is 9.47 Å². The third-order valence-electron chi connectivity index (χ3n) is 4.00. The average molecular weight is 412 g/mol. The van der Waals surface area contributed by atoms with Crippen molar-refractivity contribution >= 4 is 40.5 Å². The number of carbonyl (C=O) groups is 2. The maximum atomic E-state index is 11.7. The van der Waals surface area contributed by atoms with Crippen LogP contribution in [0.2, 0.25) is 0 Å². The maximum absolute atomic E-state index is 11.7. The molecule has 0 bridgehead atoms. The summed E-state index contributed by atoms with van der Waals surface area (Å²) < 4.78 is 10.4. The second-order valence-electron chi connectivity index (χ2n) is 5.96. The van der Waals surface area contributed by atoms with E-state index in [0.717, 1.165) is 0 Å². The number of hydrogen-bond donors (Lipinski definition) is 4. The van der Waals surface area contributed by atoms with Crippen molar-refractivity contribution in [3.63, 3.8) is 0 Å². The van der Waals surface area contributed by atoms with Gasteiger partial charge in [-0.2, -0.15) is 0 Å². The molecule has 0 aliphatic rings. The van der Waals surface area contributed by atoms with Gasteiger partial charge in [-0.15, -0.1) is 0 Å². The quantitative estimate of drug-likeness (QED) is 0.459. The average Bonchev–Trinajstić information content (AvgIpc) is 2.73. The van der Waals surface area contributed by atoms with Crippen LogP contribution in [0.15, 0.2) is 30.5 Å². The lowest BCUT2D eigenvalue weighted by Crippen LogP contribution is -2.28. The number of aromatic nitrogens is 3. The third-order valence-corrected chi connectivity index (χ3v) is 4.00. The second-order valence-corrected chi connectivity index (χ2v) is 5.96. The second kappa shape index (κ2) is 8.90. The molecule has 0 radical (unpaired) electrons. The van der Waals surface area contributed by atoms with Gasteiger partial charge in [0.05, 0.1) is 31.7 Å². The Balaban J connectivity index is 1.95. The largest absolute Gasteiger partial charge is 0.493 e. The molecule has 0 saturated carbocycles. The van der Waals surface area contributed by atoms with E-state index in [2.05, 4.69) is 30.9 Å². The molecule has 0 aliphatic heterocycles. The molecule has 3 aromatic rings. The zero-order chi connectivity index (χ0) is 21.7. The summed E-state index contributed by atoms with van der Waals surface area (Å²) in [4.78, 5) is 36.2. The zero-order valence-corrected chi connectivity index (χ0v) is 16.5. The zero-order valence-electron chi connectivity index (χ0n) is 16.5. The van der Waals surface area contributed by atoms with Crippen molar-refractivity contribution in [2.75, 3.05) is 31.4 Å². The molecule has 0 spiro atoms. The van der Waals surface area contributed by atoms with Crippen LogP contribution < -0.4 is 25.4 Å². The van der Waals surface area contributed by atoms with Gasteiger partial charge in [-0.25, -0.2) is 24.5 Å². The van der Waals surface area contributed by atoms with Gasteiger partial charge >= 0.3 is 12.0 Å². The lowest BCUT2D eigenvalue weighted by molar-refractivity contribution is 0.0697. The lowest BCUT2D eigenvalue weighted by Gasteiger charge is -2.14. The van der Waals surface area contributed by atoms with Gasteiger partial charge in [0.1, 0.15) is 11.3 Å². The number of benzene rings is 1. The summed E-state index contributed by atoms with van der Waals surface area (Å²) in [6, 6.07) is 5.73. The minimum absolute atomic E-state index is 0.0332. The number of fused-ring (bicyclic) bond motifs is 1. The molecule has 0 saturated heterocycles. The molecule has 0 atom stereocenters. The fraction of sp³-hybridized carbons (Fsp3) is 0.211. The summed E-state index contributed by atoms with van der Waals surface area (Å²) in [6.45, 7) is 2.28. The highest BCUT2D eigenvalue weighted by Gasteiger charge is 2.17. The molecule has 11 heteroatoms. The number of nitrogens with zero attached hydrogens (tertiary/aromatic N) is 3. The van der Waals surface area contributed by atoms with Crippen molar-refractivity contribution in [3.05, 3.63) is 36.0 Å². The molecule has 2 heterocycles. The van der Waals surface area contributed by atoms with Gasteiger partial charge in [0.15, 0.2) is 23.0 Å². The molecule has 2 aromatic heterocycles. The number of amides is 2. The highest BCUT2D eigenvalue weighted by atomic mass is 16.5. The highest BCUT2D eigenvalue weighted by Crippen LogP contribution is 2.34. The topological polar surface area (TPSA) is 148 Å². The number of anilines is 3. The fourth-order valence-corrected chi connectivity index (χ4v) is 2.65. The van der Waals surface area contributed by atoms with Crippen LogP contribution in [0.25, 0.3) is 11.2 Å². The monoisotopic (exact) mass is 412 g/mol. The predicted molar refractivity (Wildman–Crippen MR) is 110 cm³/mol. The first-order chi connectivity index (χ1) is 14.4. The maximum Gasteiger partial charge on any atom is 0.337 e. The van der Waals surface area contributed by atoms with Crippen LogP contribution in [-0.4, -0.2) is 52.8 Å². The van der Waals surface area contributed by atoms with E-state index < -0.39 is 5.97 Å². The Morgan fingerprint density at radius 1 is 1.07 bits per heavy atom. The first-order valence-electron chi connectivity index (χ1n) is 8.90. The summed E-state index contributed by atoms with van der Waals surface area (Å²) in [7, 11) is 2.87. The summed E-state index contributed by atoms with van der Waals surface area (Å²) in [5.41, 5.74) is 0.985. The Hall–Kier alpha value is -4.15. The molecule has 11 nitrogen and oxygen atoms in total. The van der Waals surface area contributed by atoms with Crippen LogP contribution in [0.5, 0.6) is 11.5 Å². The van der Waals surface area contributed by atoms with Gasteiger partial charge in [-0.05, 0) is 19.1 Å². The molecular weight excluding hydrogens is 392 g/mol. The Bertz CT molecular complexity index is 1100. The van der Waals surface area contributed by atoms with Crippen molar-refractivity contribution in [2.24, 2.45) is 0 Å². The smallest absolute Gasteiger partial charge is 0.337 e. The number of aromatic carboxylic acids is 1. The van der Waals surface area contributed by atoms with E-state index >= 15 is 0 Å². The molecule has 1 aromatic carbocycles. The minimum atomic E-state index is -1.15. The normalized spacial score (nSPS) is 10.4. The number of ether oxygens (including phenoxy) is 2. The number of rotatable bonds is 7. The Kier molecular flexibility index (Phi) is 6.11. The standard InChI is InChI=1S/C19H20N6O5/c1-4-20-19(28)25-15-6-5-11-17(23-15)24-16(9-21-11)22-12-8-14(30-3)13(29-2)7-10(12)18(26)27/h5-9H,4H2,1-3H3,(H,26,27)(H3,20,22,23,24,25,28). The molecule has 3 rings (SSSR count). The number of carboxylic acids is 1. The lowest BCUT2D eigenvalue weighted by atomic mass is 10.1. The molecule has 0 fully saturated rings. The highest BCUT2D eigenvalue weighted by molar-refractivity contribution is 5.96. The van der Waals surface area contributed by atoms with Crippen LogP contribution in [-0.2, 0) is 0 Å². The number of methoxy groups -OCH3 is 2. The summed E-state index contributed by atoms with van der Waals surface area (Å²) in [6.07, 6.45) is 1.45. The Morgan fingerprint density at radius 2 is 1.77 bits per heavy atom. The van der Waals surface area contributed by atoms with Crippen LogP contribution in [0, 0.1) is 0 Å². The molecular formula is C19H20N6O5. The van der Waals surface area contributed by atoms with Gasteiger partial charge in [0.2, 0.25) is 0 Å². The third kappa shape index (κ3) is 4.46. The minimum Gasteiger partial charge on any atom is -0.493 e. The van der Waals surface area contributed by atoms with Crippen LogP contribution in [0.1, 0.15) is 17.3 Å².